The Morgan fingerprint density at radius 2 is 1.82 bits per heavy atom. The van der Waals surface area contributed by atoms with E-state index in [1.165, 1.54) is 17.4 Å². The highest BCUT2D eigenvalue weighted by Crippen LogP contribution is 2.22. The number of hydrogen-bond donors (Lipinski definition) is 0. The summed E-state index contributed by atoms with van der Waals surface area (Å²) in [6.45, 7) is 3.30. The predicted octanol–water partition coefficient (Wildman–Crippen LogP) is 2.15. The highest BCUT2D eigenvalue weighted by atomic mass is 32.1. The normalized spacial score (nSPS) is 14.5. The van der Waals surface area contributed by atoms with Crippen LogP contribution in [-0.4, -0.2) is 72.1 Å². The molecule has 0 atom stereocenters. The number of rotatable bonds is 5. The second-order valence-electron chi connectivity index (χ2n) is 6.03. The number of carbonyl (C=O) groups is 3. The van der Waals surface area contributed by atoms with Gasteiger partial charge in [0.15, 0.2) is 6.61 Å². The smallest absolute Gasteiger partial charge is 0.409 e. The van der Waals surface area contributed by atoms with Gasteiger partial charge in [-0.1, -0.05) is 12.1 Å². The molecular weight excluding hydrogens is 382 g/mol. The Hall–Kier alpha value is -2.94. The number of carbonyl (C=O) groups excluding carboxylic acids is 3. The van der Waals surface area contributed by atoms with E-state index in [1.54, 1.807) is 22.8 Å². The molecule has 0 unspecified atom stereocenters. The van der Waals surface area contributed by atoms with Crippen molar-refractivity contribution in [2.45, 2.75) is 6.92 Å². The van der Waals surface area contributed by atoms with Crippen LogP contribution in [0.1, 0.15) is 11.9 Å². The van der Waals surface area contributed by atoms with Gasteiger partial charge in [-0.25, -0.2) is 14.6 Å². The van der Waals surface area contributed by atoms with Crippen LogP contribution in [0.5, 0.6) is 0 Å². The summed E-state index contributed by atoms with van der Waals surface area (Å²) in [5.41, 5.74) is 0.873. The molecule has 2 amide bonds. The molecule has 0 saturated carbocycles. The standard InChI is InChI=1S/C19H21N3O5S/c1-2-26-19(25)22-11-9-21(10-12-22)17(23)13-27-18(24)8-7-16-20-14-5-3-4-6-15(14)28-16/h3-8H,2,9-13H2,1H3/b8-7+. The van der Waals surface area contributed by atoms with Crippen molar-refractivity contribution < 1.29 is 23.9 Å². The summed E-state index contributed by atoms with van der Waals surface area (Å²) in [6, 6.07) is 7.70. The molecule has 2 heterocycles. The number of ether oxygens (including phenoxy) is 2. The summed E-state index contributed by atoms with van der Waals surface area (Å²) in [5, 5.41) is 0.694. The second-order valence-corrected chi connectivity index (χ2v) is 7.09. The molecule has 2 aromatic rings. The van der Waals surface area contributed by atoms with E-state index in [4.69, 9.17) is 9.47 Å². The number of aromatic nitrogens is 1. The molecular formula is C19H21N3O5S. The first-order valence-electron chi connectivity index (χ1n) is 8.96. The second kappa shape index (κ2) is 9.32. The number of amides is 2. The monoisotopic (exact) mass is 403 g/mol. The topological polar surface area (TPSA) is 89.0 Å². The third kappa shape index (κ3) is 5.07. The minimum Gasteiger partial charge on any atom is -0.452 e. The van der Waals surface area contributed by atoms with Crippen LogP contribution in [0.3, 0.4) is 0 Å². The van der Waals surface area contributed by atoms with Gasteiger partial charge in [-0.2, -0.15) is 0 Å². The van der Waals surface area contributed by atoms with E-state index >= 15 is 0 Å². The quantitative estimate of drug-likeness (QED) is 0.561. The van der Waals surface area contributed by atoms with Crippen LogP contribution in [-0.2, 0) is 19.1 Å². The summed E-state index contributed by atoms with van der Waals surface area (Å²) < 4.78 is 11.0. The van der Waals surface area contributed by atoms with Gasteiger partial charge in [0.25, 0.3) is 5.91 Å². The number of benzene rings is 1. The van der Waals surface area contributed by atoms with Gasteiger partial charge in [-0.3, -0.25) is 4.79 Å². The fraction of sp³-hybridized carbons (Fsp3) is 0.368. The molecule has 0 aliphatic carbocycles. The maximum Gasteiger partial charge on any atom is 0.409 e. The minimum atomic E-state index is -0.599. The molecule has 1 aliphatic rings. The van der Waals surface area contributed by atoms with Gasteiger partial charge >= 0.3 is 12.1 Å². The van der Waals surface area contributed by atoms with E-state index in [-0.39, 0.29) is 18.6 Å². The van der Waals surface area contributed by atoms with Crippen molar-refractivity contribution in [2.75, 3.05) is 39.4 Å². The van der Waals surface area contributed by atoms with Gasteiger partial charge in [0.1, 0.15) is 5.01 Å². The summed E-state index contributed by atoms with van der Waals surface area (Å²) in [4.78, 5) is 43.2. The van der Waals surface area contributed by atoms with E-state index in [9.17, 15) is 14.4 Å². The van der Waals surface area contributed by atoms with Crippen LogP contribution in [0.4, 0.5) is 4.79 Å². The first-order valence-corrected chi connectivity index (χ1v) is 9.78. The lowest BCUT2D eigenvalue weighted by atomic mass is 10.3. The van der Waals surface area contributed by atoms with E-state index in [0.717, 1.165) is 10.2 Å². The van der Waals surface area contributed by atoms with Crippen molar-refractivity contribution in [2.24, 2.45) is 0 Å². The zero-order valence-electron chi connectivity index (χ0n) is 15.5. The predicted molar refractivity (Wildman–Crippen MR) is 105 cm³/mol. The Labute approximate surface area is 166 Å². The SMILES string of the molecule is CCOC(=O)N1CCN(C(=O)COC(=O)/C=C/c2nc3ccccc3s2)CC1. The van der Waals surface area contributed by atoms with E-state index in [1.807, 2.05) is 24.3 Å². The van der Waals surface area contributed by atoms with Crippen molar-refractivity contribution in [1.29, 1.82) is 0 Å². The molecule has 1 aromatic carbocycles. The fourth-order valence-corrected chi connectivity index (χ4v) is 3.60. The Bertz CT molecular complexity index is 854. The number of nitrogens with zero attached hydrogens (tertiary/aromatic N) is 3. The van der Waals surface area contributed by atoms with Crippen molar-refractivity contribution in [3.63, 3.8) is 0 Å². The van der Waals surface area contributed by atoms with Crippen LogP contribution in [0.15, 0.2) is 30.3 Å². The zero-order valence-corrected chi connectivity index (χ0v) is 16.3. The third-order valence-corrected chi connectivity index (χ3v) is 5.17. The average Bonchev–Trinajstić information content (AvgIpc) is 3.14. The Kier molecular flexibility index (Phi) is 6.59. The molecule has 0 radical (unpaired) electrons. The van der Waals surface area contributed by atoms with Crippen LogP contribution < -0.4 is 0 Å². The summed E-state index contributed by atoms with van der Waals surface area (Å²) in [5.74, 6) is -0.886. The van der Waals surface area contributed by atoms with Gasteiger partial charge in [0.2, 0.25) is 0 Å². The number of piperazine rings is 1. The highest BCUT2D eigenvalue weighted by molar-refractivity contribution is 7.19. The maximum absolute atomic E-state index is 12.2. The van der Waals surface area contributed by atoms with Crippen LogP contribution >= 0.6 is 11.3 Å². The van der Waals surface area contributed by atoms with E-state index in [2.05, 4.69) is 4.98 Å². The average molecular weight is 403 g/mol. The van der Waals surface area contributed by atoms with Gasteiger partial charge < -0.3 is 19.3 Å². The molecule has 0 N–H and O–H groups in total. The molecule has 28 heavy (non-hydrogen) atoms. The molecule has 3 rings (SSSR count). The lowest BCUT2D eigenvalue weighted by Crippen LogP contribution is -2.51. The van der Waals surface area contributed by atoms with Crippen LogP contribution in [0.2, 0.25) is 0 Å². The molecule has 0 spiro atoms. The maximum atomic E-state index is 12.2. The number of hydrogen-bond acceptors (Lipinski definition) is 7. The van der Waals surface area contributed by atoms with Gasteiger partial charge in [-0.05, 0) is 25.1 Å². The molecule has 1 fully saturated rings. The first-order chi connectivity index (χ1) is 13.6. The Morgan fingerprint density at radius 3 is 2.54 bits per heavy atom. The van der Waals surface area contributed by atoms with Crippen molar-refractivity contribution in [3.8, 4) is 0 Å². The van der Waals surface area contributed by atoms with Crippen LogP contribution in [0.25, 0.3) is 16.3 Å². The van der Waals surface area contributed by atoms with Gasteiger partial charge in [-0.15, -0.1) is 11.3 Å². The summed E-state index contributed by atoms with van der Waals surface area (Å²) in [6.07, 6.45) is 2.47. The lowest BCUT2D eigenvalue weighted by molar-refractivity contribution is -0.148. The summed E-state index contributed by atoms with van der Waals surface area (Å²) in [7, 11) is 0. The Morgan fingerprint density at radius 1 is 1.11 bits per heavy atom. The lowest BCUT2D eigenvalue weighted by Gasteiger charge is -2.33. The molecule has 1 aliphatic heterocycles. The molecule has 8 nitrogen and oxygen atoms in total. The fourth-order valence-electron chi connectivity index (χ4n) is 2.73. The number of thiazole rings is 1. The van der Waals surface area contributed by atoms with Gasteiger partial charge in [0, 0.05) is 32.3 Å². The van der Waals surface area contributed by atoms with Crippen molar-refractivity contribution >= 4 is 45.6 Å². The summed E-state index contributed by atoms with van der Waals surface area (Å²) >= 11 is 1.47. The molecule has 1 saturated heterocycles. The van der Waals surface area contributed by atoms with Gasteiger partial charge in [0.05, 0.1) is 16.8 Å². The highest BCUT2D eigenvalue weighted by Gasteiger charge is 2.25. The molecule has 148 valence electrons. The Balaban J connectivity index is 1.43. The van der Waals surface area contributed by atoms with Crippen LogP contribution in [0, 0.1) is 0 Å². The number of esters is 1. The number of fused-ring (bicyclic) bond motifs is 1. The molecule has 9 heteroatoms. The molecule has 0 bridgehead atoms. The largest absolute Gasteiger partial charge is 0.452 e. The third-order valence-electron chi connectivity index (χ3n) is 4.17. The van der Waals surface area contributed by atoms with E-state index in [0.29, 0.717) is 37.8 Å². The first kappa shape index (κ1) is 19.8. The minimum absolute atomic E-state index is 0.287. The van der Waals surface area contributed by atoms with Crippen molar-refractivity contribution in [3.05, 3.63) is 35.3 Å². The molecule has 1 aromatic heterocycles. The zero-order chi connectivity index (χ0) is 19.9. The van der Waals surface area contributed by atoms with E-state index < -0.39 is 5.97 Å². The van der Waals surface area contributed by atoms with Crippen molar-refractivity contribution in [1.82, 2.24) is 14.8 Å². The number of para-hydroxylation sites is 1.